The third-order valence-electron chi connectivity index (χ3n) is 6.31. The van der Waals surface area contributed by atoms with Gasteiger partial charge in [0.1, 0.15) is 11.4 Å². The number of piperazine rings is 1. The summed E-state index contributed by atoms with van der Waals surface area (Å²) in [5, 5.41) is 5.45. The highest BCUT2D eigenvalue weighted by molar-refractivity contribution is 7.92. The molecule has 0 atom stereocenters. The van der Waals surface area contributed by atoms with E-state index < -0.39 is 15.9 Å². The number of nitrogens with two attached hydrogens (primary N) is 1. The number of hydrogen-bond donors (Lipinski definition) is 1. The lowest BCUT2D eigenvalue weighted by atomic mass is 10.0. The number of sulfonamides is 1. The Morgan fingerprint density at radius 2 is 1.64 bits per heavy atom. The molecule has 1 fully saturated rings. The summed E-state index contributed by atoms with van der Waals surface area (Å²) in [6.07, 6.45) is 0. The Bertz CT molecular complexity index is 1520. The molecule has 0 bridgehead atoms. The summed E-state index contributed by atoms with van der Waals surface area (Å²) >= 11 is 0. The number of fused-ring (bicyclic) bond motifs is 1. The van der Waals surface area contributed by atoms with E-state index in [1.807, 2.05) is 42.5 Å². The van der Waals surface area contributed by atoms with E-state index in [-0.39, 0.29) is 5.69 Å². The maximum atomic E-state index is 12.0. The van der Waals surface area contributed by atoms with Crippen LogP contribution in [0.4, 0.5) is 0 Å². The highest BCUT2D eigenvalue weighted by Gasteiger charge is 2.24. The second-order valence-corrected chi connectivity index (χ2v) is 10.5. The first-order valence-corrected chi connectivity index (χ1v) is 13.1. The minimum absolute atomic E-state index is 0.167. The van der Waals surface area contributed by atoms with Crippen LogP contribution in [0.1, 0.15) is 16.1 Å². The molecule has 0 aliphatic carbocycles. The van der Waals surface area contributed by atoms with Gasteiger partial charge in [-0.05, 0) is 17.7 Å². The van der Waals surface area contributed by atoms with Crippen LogP contribution < -0.4 is 5.73 Å². The van der Waals surface area contributed by atoms with Gasteiger partial charge in [0.25, 0.3) is 5.91 Å². The van der Waals surface area contributed by atoms with Gasteiger partial charge in [0.05, 0.1) is 5.69 Å². The van der Waals surface area contributed by atoms with Gasteiger partial charge < -0.3 is 5.73 Å². The lowest BCUT2D eigenvalue weighted by Crippen LogP contribution is -2.47. The first-order chi connectivity index (χ1) is 17.4. The van der Waals surface area contributed by atoms with Gasteiger partial charge in [-0.2, -0.15) is 9.40 Å². The predicted molar refractivity (Wildman–Crippen MR) is 138 cm³/mol. The highest BCUT2D eigenvalue weighted by atomic mass is 32.2. The van der Waals surface area contributed by atoms with Crippen molar-refractivity contribution >= 4 is 21.6 Å². The maximum absolute atomic E-state index is 12.0. The zero-order valence-corrected chi connectivity index (χ0v) is 20.4. The quantitative estimate of drug-likeness (QED) is 0.416. The number of carbonyl (C=O) groups is 1. The van der Waals surface area contributed by atoms with Crippen molar-refractivity contribution in [2.45, 2.75) is 6.54 Å². The topological polar surface area (TPSA) is 114 Å². The first kappa shape index (κ1) is 23.9. The average Bonchev–Trinajstić information content (AvgIpc) is 3.29. The molecule has 0 unspecified atom stereocenters. The predicted octanol–water partition coefficient (Wildman–Crippen LogP) is 2.75. The number of benzene rings is 2. The molecule has 0 saturated carbocycles. The van der Waals surface area contributed by atoms with Crippen molar-refractivity contribution in [3.8, 4) is 22.5 Å². The summed E-state index contributed by atoms with van der Waals surface area (Å²) in [4.78, 5) is 18.8. The average molecular weight is 503 g/mol. The second-order valence-electron chi connectivity index (χ2n) is 8.61. The van der Waals surface area contributed by atoms with Gasteiger partial charge in [-0.3, -0.25) is 9.69 Å². The summed E-state index contributed by atoms with van der Waals surface area (Å²) in [5.41, 5.74) is 10.7. The van der Waals surface area contributed by atoms with Crippen molar-refractivity contribution < 1.29 is 13.2 Å². The van der Waals surface area contributed by atoms with Gasteiger partial charge in [-0.15, -0.1) is 0 Å². The molecular formula is C26H26N6O3S. The van der Waals surface area contributed by atoms with Gasteiger partial charge in [0.2, 0.25) is 10.0 Å². The molecule has 10 heteroatoms. The number of primary amides is 1. The largest absolute Gasteiger partial charge is 0.364 e. The van der Waals surface area contributed by atoms with Crippen LogP contribution in [0, 0.1) is 0 Å². The Kier molecular flexibility index (Phi) is 6.40. The van der Waals surface area contributed by atoms with Gasteiger partial charge >= 0.3 is 0 Å². The molecule has 0 spiro atoms. The maximum Gasteiger partial charge on any atom is 0.269 e. The zero-order chi connectivity index (χ0) is 25.3. The fourth-order valence-corrected chi connectivity index (χ4v) is 5.28. The summed E-state index contributed by atoms with van der Waals surface area (Å²) < 4.78 is 27.1. The lowest BCUT2D eigenvalue weighted by molar-refractivity contribution is 0.0994. The van der Waals surface area contributed by atoms with Crippen molar-refractivity contribution in [3.63, 3.8) is 0 Å². The van der Waals surface area contributed by atoms with Crippen LogP contribution in [0.25, 0.3) is 28.2 Å². The molecule has 36 heavy (non-hydrogen) atoms. The van der Waals surface area contributed by atoms with E-state index in [9.17, 15) is 13.2 Å². The van der Waals surface area contributed by atoms with E-state index in [0.717, 1.165) is 40.0 Å². The Balaban J connectivity index is 1.42. The molecule has 1 saturated heterocycles. The monoisotopic (exact) mass is 502 g/mol. The Labute approximate surface area is 209 Å². The van der Waals surface area contributed by atoms with E-state index >= 15 is 0 Å². The zero-order valence-electron chi connectivity index (χ0n) is 19.6. The number of hydrogen-bond acceptors (Lipinski definition) is 6. The number of nitrogens with zero attached hydrogens (tertiary/aromatic N) is 5. The number of rotatable bonds is 7. The van der Waals surface area contributed by atoms with Crippen LogP contribution in [-0.2, 0) is 16.6 Å². The van der Waals surface area contributed by atoms with Crippen molar-refractivity contribution in [3.05, 3.63) is 90.0 Å². The molecule has 9 nitrogen and oxygen atoms in total. The molecule has 0 radical (unpaired) electrons. The van der Waals surface area contributed by atoms with Crippen molar-refractivity contribution in [1.29, 1.82) is 0 Å². The smallest absolute Gasteiger partial charge is 0.269 e. The Morgan fingerprint density at radius 1 is 0.944 bits per heavy atom. The number of imidazole rings is 1. The van der Waals surface area contributed by atoms with Crippen LogP contribution in [0.3, 0.4) is 0 Å². The molecule has 1 amide bonds. The fraction of sp³-hybridized carbons (Fsp3) is 0.192. The minimum atomic E-state index is -3.37. The fourth-order valence-electron chi connectivity index (χ4n) is 4.39. The van der Waals surface area contributed by atoms with Gasteiger partial charge in [-0.25, -0.2) is 17.9 Å². The van der Waals surface area contributed by atoms with E-state index in [1.54, 1.807) is 16.6 Å². The van der Waals surface area contributed by atoms with Crippen LogP contribution in [-0.4, -0.2) is 64.3 Å². The Morgan fingerprint density at radius 3 is 2.28 bits per heavy atom. The summed E-state index contributed by atoms with van der Waals surface area (Å²) in [5.74, 6) is -0.599. The molecule has 2 aromatic carbocycles. The standard InChI is InChI=1S/C26H26N6O3S/c1-2-36(34,35)31-16-14-30(15-17-31)18-19-8-10-20(11-9-19)24-25(21-6-4-3-5-7-21)32-23(28-24)13-12-22(29-32)26(27)33/h2-13H,1,14-18H2,(H2,27,33). The molecule has 1 aliphatic rings. The third-order valence-corrected chi connectivity index (χ3v) is 7.82. The molecule has 184 valence electrons. The third kappa shape index (κ3) is 4.66. The molecule has 2 N–H and O–H groups in total. The number of carbonyl (C=O) groups excluding carboxylic acids is 1. The SMILES string of the molecule is C=CS(=O)(=O)N1CCN(Cc2ccc(-c3nc4ccc(C(N)=O)nn4c3-c3ccccc3)cc2)CC1. The molecule has 5 rings (SSSR count). The van der Waals surface area contributed by atoms with E-state index in [0.29, 0.717) is 31.8 Å². The molecule has 1 aliphatic heterocycles. The minimum Gasteiger partial charge on any atom is -0.364 e. The summed E-state index contributed by atoms with van der Waals surface area (Å²) in [7, 11) is -3.37. The lowest BCUT2D eigenvalue weighted by Gasteiger charge is -2.33. The van der Waals surface area contributed by atoms with Crippen LogP contribution >= 0.6 is 0 Å². The van der Waals surface area contributed by atoms with E-state index in [4.69, 9.17) is 10.7 Å². The van der Waals surface area contributed by atoms with Crippen LogP contribution in [0.5, 0.6) is 0 Å². The number of amides is 1. The Hall–Kier alpha value is -3.86. The second kappa shape index (κ2) is 9.65. The number of aromatic nitrogens is 3. The van der Waals surface area contributed by atoms with Crippen LogP contribution in [0.2, 0.25) is 0 Å². The normalized spacial score (nSPS) is 15.2. The van der Waals surface area contributed by atoms with E-state index in [1.165, 1.54) is 4.31 Å². The molecular weight excluding hydrogens is 476 g/mol. The van der Waals surface area contributed by atoms with Gasteiger partial charge in [0, 0.05) is 49.3 Å². The van der Waals surface area contributed by atoms with Gasteiger partial charge in [0.15, 0.2) is 5.65 Å². The van der Waals surface area contributed by atoms with E-state index in [2.05, 4.69) is 28.7 Å². The van der Waals surface area contributed by atoms with Crippen molar-refractivity contribution in [1.82, 2.24) is 23.8 Å². The first-order valence-electron chi connectivity index (χ1n) is 11.5. The summed E-state index contributed by atoms with van der Waals surface area (Å²) in [6.45, 7) is 6.35. The van der Waals surface area contributed by atoms with Crippen molar-refractivity contribution in [2.24, 2.45) is 5.73 Å². The van der Waals surface area contributed by atoms with Crippen molar-refractivity contribution in [2.75, 3.05) is 26.2 Å². The molecule has 3 heterocycles. The van der Waals surface area contributed by atoms with Crippen LogP contribution in [0.15, 0.2) is 78.7 Å². The molecule has 4 aromatic rings. The highest BCUT2D eigenvalue weighted by Crippen LogP contribution is 2.32. The summed E-state index contributed by atoms with van der Waals surface area (Å²) in [6, 6.07) is 21.3. The van der Waals surface area contributed by atoms with Gasteiger partial charge in [-0.1, -0.05) is 61.2 Å². The molecule has 2 aromatic heterocycles.